The predicted molar refractivity (Wildman–Crippen MR) is 82.4 cm³/mol. The van der Waals surface area contributed by atoms with Crippen LogP contribution in [0, 0.1) is 5.41 Å². The minimum absolute atomic E-state index is 0.132. The lowest BCUT2D eigenvalue weighted by Gasteiger charge is -2.37. The maximum absolute atomic E-state index is 12.0. The van der Waals surface area contributed by atoms with Crippen molar-refractivity contribution in [1.29, 1.82) is 0 Å². The zero-order valence-electron chi connectivity index (χ0n) is 12.8. The lowest BCUT2D eigenvalue weighted by molar-refractivity contribution is -0.156. The molecule has 1 aromatic carbocycles. The smallest absolute Gasteiger partial charge is 0.323 e. The molecular formula is C16H20ClNO4. The van der Waals surface area contributed by atoms with Gasteiger partial charge in [-0.25, -0.2) is 0 Å². The van der Waals surface area contributed by atoms with Crippen LogP contribution in [-0.4, -0.2) is 31.8 Å². The van der Waals surface area contributed by atoms with Gasteiger partial charge in [0.25, 0.3) is 0 Å². The number of hydrogen-bond donors (Lipinski definition) is 1. The summed E-state index contributed by atoms with van der Waals surface area (Å²) in [6.07, 6.45) is 0.846. The third-order valence-electron chi connectivity index (χ3n) is 4.17. The van der Waals surface area contributed by atoms with Crippen LogP contribution in [0.1, 0.15) is 25.8 Å². The van der Waals surface area contributed by atoms with E-state index in [1.807, 2.05) is 12.1 Å². The van der Waals surface area contributed by atoms with Gasteiger partial charge in [-0.05, 0) is 29.5 Å². The molecule has 22 heavy (non-hydrogen) atoms. The Balaban J connectivity index is 1.73. The van der Waals surface area contributed by atoms with Crippen molar-refractivity contribution in [3.63, 3.8) is 0 Å². The van der Waals surface area contributed by atoms with Gasteiger partial charge in [-0.2, -0.15) is 0 Å². The summed E-state index contributed by atoms with van der Waals surface area (Å²) in [5.41, 5.74) is 0.816. The van der Waals surface area contributed by atoms with Gasteiger partial charge in [-0.15, -0.1) is 0 Å². The molecule has 0 aromatic heterocycles. The highest BCUT2D eigenvalue weighted by Crippen LogP contribution is 2.38. The maximum Gasteiger partial charge on any atom is 0.323 e. The summed E-state index contributed by atoms with van der Waals surface area (Å²) in [4.78, 5) is 12.0. The fourth-order valence-corrected chi connectivity index (χ4v) is 3.10. The molecule has 2 aliphatic heterocycles. The number of ether oxygens (including phenoxy) is 3. The lowest BCUT2D eigenvalue weighted by Crippen LogP contribution is -2.52. The molecular weight excluding hydrogens is 306 g/mol. The highest BCUT2D eigenvalue weighted by atomic mass is 35.5. The van der Waals surface area contributed by atoms with Crippen LogP contribution in [-0.2, 0) is 16.1 Å². The summed E-state index contributed by atoms with van der Waals surface area (Å²) in [6.45, 7) is 6.16. The van der Waals surface area contributed by atoms with E-state index in [1.165, 1.54) is 0 Å². The Morgan fingerprint density at radius 3 is 2.77 bits per heavy atom. The Hall–Kier alpha value is -1.46. The third kappa shape index (κ3) is 3.01. The first-order valence-electron chi connectivity index (χ1n) is 7.45. The number of fused-ring (bicyclic) bond motifs is 1. The number of benzene rings is 1. The van der Waals surface area contributed by atoms with Crippen LogP contribution in [0.2, 0.25) is 5.02 Å². The van der Waals surface area contributed by atoms with Crippen molar-refractivity contribution in [3.05, 3.63) is 22.7 Å². The average Bonchev–Trinajstić information content (AvgIpc) is 2.46. The van der Waals surface area contributed by atoms with E-state index in [4.69, 9.17) is 25.8 Å². The molecule has 120 valence electrons. The van der Waals surface area contributed by atoms with E-state index < -0.39 is 0 Å². The normalized spacial score (nSPS) is 23.0. The van der Waals surface area contributed by atoms with Crippen molar-refractivity contribution in [2.75, 3.05) is 19.8 Å². The van der Waals surface area contributed by atoms with E-state index in [0.29, 0.717) is 42.9 Å². The number of halogens is 1. The molecule has 1 saturated heterocycles. The predicted octanol–water partition coefficient (Wildman–Crippen LogP) is 2.54. The number of carbonyl (C=O) groups is 1. The Morgan fingerprint density at radius 2 is 2.00 bits per heavy atom. The highest BCUT2D eigenvalue weighted by Gasteiger charge is 2.39. The topological polar surface area (TPSA) is 56.8 Å². The van der Waals surface area contributed by atoms with Gasteiger partial charge in [0, 0.05) is 6.54 Å². The molecule has 0 aliphatic carbocycles. The number of cyclic esters (lactones) is 1. The van der Waals surface area contributed by atoms with Crippen LogP contribution >= 0.6 is 11.6 Å². The number of esters is 1. The van der Waals surface area contributed by atoms with Crippen LogP contribution in [0.25, 0.3) is 0 Å². The summed E-state index contributed by atoms with van der Waals surface area (Å²) in [5, 5.41) is 3.81. The molecule has 1 N–H and O–H groups in total. The average molecular weight is 326 g/mol. The fraction of sp³-hybridized carbons (Fsp3) is 0.562. The van der Waals surface area contributed by atoms with Crippen LogP contribution in [0.15, 0.2) is 12.1 Å². The number of rotatable bonds is 3. The zero-order valence-corrected chi connectivity index (χ0v) is 13.5. The van der Waals surface area contributed by atoms with E-state index in [1.54, 1.807) is 0 Å². The van der Waals surface area contributed by atoms with Gasteiger partial charge >= 0.3 is 5.97 Å². The maximum atomic E-state index is 12.0. The molecule has 0 bridgehead atoms. The minimum atomic E-state index is -0.326. The second-order valence-corrected chi connectivity index (χ2v) is 6.73. The lowest BCUT2D eigenvalue weighted by atomic mass is 9.80. The number of hydrogen-bond acceptors (Lipinski definition) is 5. The molecule has 1 unspecified atom stereocenters. The van der Waals surface area contributed by atoms with Crippen LogP contribution in [0.4, 0.5) is 0 Å². The molecule has 6 heteroatoms. The van der Waals surface area contributed by atoms with Crippen molar-refractivity contribution in [3.8, 4) is 11.5 Å². The molecule has 1 aromatic rings. The monoisotopic (exact) mass is 325 g/mol. The van der Waals surface area contributed by atoms with Crippen molar-refractivity contribution < 1.29 is 19.0 Å². The van der Waals surface area contributed by atoms with Gasteiger partial charge < -0.3 is 14.2 Å². The van der Waals surface area contributed by atoms with Crippen LogP contribution < -0.4 is 14.8 Å². The molecule has 3 rings (SSSR count). The zero-order chi connectivity index (χ0) is 15.7. The summed E-state index contributed by atoms with van der Waals surface area (Å²) < 4.78 is 16.2. The van der Waals surface area contributed by atoms with Gasteiger partial charge in [0.2, 0.25) is 0 Å². The molecule has 0 saturated carbocycles. The van der Waals surface area contributed by atoms with Gasteiger partial charge in [0.1, 0.15) is 19.3 Å². The SMILES string of the molecule is CC1(C)CCOC(=O)C1NCc1cc(Cl)c2c(c1)OCCO2. The summed E-state index contributed by atoms with van der Waals surface area (Å²) in [7, 11) is 0. The van der Waals surface area contributed by atoms with Gasteiger partial charge in [0.05, 0.1) is 11.6 Å². The Morgan fingerprint density at radius 1 is 1.23 bits per heavy atom. The van der Waals surface area contributed by atoms with Crippen LogP contribution in [0.5, 0.6) is 11.5 Å². The second-order valence-electron chi connectivity index (χ2n) is 6.32. The summed E-state index contributed by atoms with van der Waals surface area (Å²) in [6, 6.07) is 3.41. The summed E-state index contributed by atoms with van der Waals surface area (Å²) in [5.74, 6) is 1.05. The van der Waals surface area contributed by atoms with E-state index >= 15 is 0 Å². The largest absolute Gasteiger partial charge is 0.486 e. The molecule has 1 atom stereocenters. The minimum Gasteiger partial charge on any atom is -0.486 e. The van der Waals surface area contributed by atoms with Crippen molar-refractivity contribution in [1.82, 2.24) is 5.32 Å². The van der Waals surface area contributed by atoms with Crippen molar-refractivity contribution >= 4 is 17.6 Å². The Bertz CT molecular complexity index is 588. The van der Waals surface area contributed by atoms with Gasteiger partial charge in [-0.3, -0.25) is 10.1 Å². The molecule has 0 amide bonds. The van der Waals surface area contributed by atoms with E-state index in [0.717, 1.165) is 12.0 Å². The molecule has 2 heterocycles. The van der Waals surface area contributed by atoms with Crippen molar-refractivity contribution in [2.24, 2.45) is 5.41 Å². The molecule has 1 fully saturated rings. The number of carbonyl (C=O) groups excluding carboxylic acids is 1. The van der Waals surface area contributed by atoms with E-state index in [-0.39, 0.29) is 17.4 Å². The molecule has 0 radical (unpaired) electrons. The van der Waals surface area contributed by atoms with Gasteiger partial charge in [0.15, 0.2) is 11.5 Å². The van der Waals surface area contributed by atoms with Crippen molar-refractivity contribution in [2.45, 2.75) is 32.9 Å². The quantitative estimate of drug-likeness (QED) is 0.866. The molecule has 2 aliphatic rings. The summed E-state index contributed by atoms with van der Waals surface area (Å²) >= 11 is 6.23. The standard InChI is InChI=1S/C16H20ClNO4/c1-16(2)3-4-22-15(19)14(16)18-9-10-7-11(17)13-12(8-10)20-5-6-21-13/h7-8,14,18H,3-6,9H2,1-2H3. The van der Waals surface area contributed by atoms with Gasteiger partial charge in [-0.1, -0.05) is 25.4 Å². The van der Waals surface area contributed by atoms with E-state index in [2.05, 4.69) is 19.2 Å². The Labute approximate surface area is 134 Å². The van der Waals surface area contributed by atoms with E-state index in [9.17, 15) is 4.79 Å². The number of nitrogens with one attached hydrogen (secondary N) is 1. The van der Waals surface area contributed by atoms with Crippen LogP contribution in [0.3, 0.4) is 0 Å². The first kappa shape index (κ1) is 15.4. The first-order chi connectivity index (χ1) is 10.5. The fourth-order valence-electron chi connectivity index (χ4n) is 2.81. The molecule has 5 nitrogen and oxygen atoms in total. The second kappa shape index (κ2) is 5.97. The highest BCUT2D eigenvalue weighted by molar-refractivity contribution is 6.32. The third-order valence-corrected chi connectivity index (χ3v) is 4.46. The molecule has 0 spiro atoms. The first-order valence-corrected chi connectivity index (χ1v) is 7.83. The Kier molecular flexibility index (Phi) is 4.19.